The fourth-order valence-electron chi connectivity index (χ4n) is 2.01. The average Bonchev–Trinajstić information content (AvgIpc) is 2.58. The normalized spacial score (nSPS) is 25.7. The molecule has 0 radical (unpaired) electrons. The largest absolute Gasteiger partial charge is 0.381 e. The number of aliphatic hydroxyl groups is 1. The Balaban J connectivity index is 2.73. The minimum Gasteiger partial charge on any atom is -0.381 e. The second-order valence-corrected chi connectivity index (χ2v) is 5.18. The summed E-state index contributed by atoms with van der Waals surface area (Å²) in [7, 11) is 1.59. The first-order valence-electron chi connectivity index (χ1n) is 5.45. The van der Waals surface area contributed by atoms with E-state index in [1.165, 1.54) is 13.8 Å². The molecule has 1 unspecified atom stereocenters. The molecule has 0 aromatic heterocycles. The van der Waals surface area contributed by atoms with Gasteiger partial charge in [0.05, 0.1) is 5.41 Å². The van der Waals surface area contributed by atoms with Gasteiger partial charge in [-0.2, -0.15) is 0 Å². The molecule has 1 rings (SSSR count). The van der Waals surface area contributed by atoms with Gasteiger partial charge in [0.25, 0.3) is 5.91 Å². The Morgan fingerprint density at radius 3 is 2.44 bits per heavy atom. The van der Waals surface area contributed by atoms with Gasteiger partial charge in [-0.25, -0.2) is 0 Å². The van der Waals surface area contributed by atoms with E-state index in [1.807, 2.05) is 6.92 Å². The van der Waals surface area contributed by atoms with E-state index < -0.39 is 11.0 Å². The number of nitrogens with one attached hydrogen (secondary N) is 1. The van der Waals surface area contributed by atoms with Crippen LogP contribution in [-0.4, -0.2) is 47.6 Å². The number of amides is 2. The molecule has 2 N–H and O–H groups in total. The zero-order valence-electron chi connectivity index (χ0n) is 10.3. The maximum Gasteiger partial charge on any atom is 0.253 e. The third-order valence-corrected chi connectivity index (χ3v) is 3.06. The smallest absolute Gasteiger partial charge is 0.253 e. The van der Waals surface area contributed by atoms with Crippen molar-refractivity contribution in [1.29, 1.82) is 0 Å². The van der Waals surface area contributed by atoms with Gasteiger partial charge in [-0.1, -0.05) is 0 Å². The summed E-state index contributed by atoms with van der Waals surface area (Å²) in [4.78, 5) is 25.0. The van der Waals surface area contributed by atoms with Crippen LogP contribution in [0.5, 0.6) is 0 Å². The van der Waals surface area contributed by atoms with Gasteiger partial charge in [0, 0.05) is 20.1 Å². The van der Waals surface area contributed by atoms with E-state index in [4.69, 9.17) is 0 Å². The Kier molecular flexibility index (Phi) is 3.28. The molecule has 0 aliphatic carbocycles. The van der Waals surface area contributed by atoms with Gasteiger partial charge in [-0.15, -0.1) is 0 Å². The molecule has 16 heavy (non-hydrogen) atoms. The first-order chi connectivity index (χ1) is 7.20. The summed E-state index contributed by atoms with van der Waals surface area (Å²) in [5.74, 6) is -0.376. The number of nitrogens with zero attached hydrogens (tertiary/aromatic N) is 1. The fourth-order valence-corrected chi connectivity index (χ4v) is 2.01. The molecule has 5 heteroatoms. The van der Waals surface area contributed by atoms with Gasteiger partial charge in [0.2, 0.25) is 5.91 Å². The second kappa shape index (κ2) is 4.05. The molecule has 5 nitrogen and oxygen atoms in total. The molecule has 1 atom stereocenters. The predicted octanol–water partition coefficient (Wildman–Crippen LogP) is -0.258. The minimum atomic E-state index is -1.37. The van der Waals surface area contributed by atoms with Crippen LogP contribution >= 0.6 is 0 Å². The van der Waals surface area contributed by atoms with Crippen molar-refractivity contribution in [2.45, 2.75) is 32.8 Å². The van der Waals surface area contributed by atoms with Gasteiger partial charge in [-0.3, -0.25) is 9.59 Å². The molecule has 0 aromatic carbocycles. The molecule has 0 bridgehead atoms. The first-order valence-corrected chi connectivity index (χ1v) is 5.45. The monoisotopic (exact) mass is 228 g/mol. The second-order valence-electron chi connectivity index (χ2n) is 5.18. The summed E-state index contributed by atoms with van der Waals surface area (Å²) in [5, 5.41) is 12.2. The highest BCUT2D eigenvalue weighted by atomic mass is 16.3. The molecule has 2 amide bonds. The molecule has 0 spiro atoms. The quantitative estimate of drug-likeness (QED) is 0.684. The van der Waals surface area contributed by atoms with Crippen LogP contribution in [0.2, 0.25) is 0 Å². The maximum absolute atomic E-state index is 11.8. The Labute approximate surface area is 95.8 Å². The van der Waals surface area contributed by atoms with Crippen molar-refractivity contribution in [2.75, 3.05) is 20.1 Å². The minimum absolute atomic E-state index is 0.0569. The van der Waals surface area contributed by atoms with Crippen LogP contribution in [0.4, 0.5) is 0 Å². The first kappa shape index (κ1) is 13.0. The number of carbonyl (C=O) groups is 2. The lowest BCUT2D eigenvalue weighted by Gasteiger charge is -2.26. The van der Waals surface area contributed by atoms with Crippen molar-refractivity contribution >= 4 is 11.8 Å². The van der Waals surface area contributed by atoms with Crippen LogP contribution < -0.4 is 5.32 Å². The van der Waals surface area contributed by atoms with Crippen molar-refractivity contribution < 1.29 is 14.7 Å². The summed E-state index contributed by atoms with van der Waals surface area (Å²) < 4.78 is 0. The lowest BCUT2D eigenvalue weighted by Crippen LogP contribution is -2.46. The van der Waals surface area contributed by atoms with Crippen LogP contribution in [-0.2, 0) is 9.59 Å². The van der Waals surface area contributed by atoms with Gasteiger partial charge >= 0.3 is 0 Å². The van der Waals surface area contributed by atoms with E-state index in [1.54, 1.807) is 11.9 Å². The zero-order valence-corrected chi connectivity index (χ0v) is 10.3. The van der Waals surface area contributed by atoms with Gasteiger partial charge in [-0.05, 0) is 27.2 Å². The number of hydrogen-bond acceptors (Lipinski definition) is 3. The van der Waals surface area contributed by atoms with Crippen LogP contribution in [0.25, 0.3) is 0 Å². The Morgan fingerprint density at radius 2 is 2.00 bits per heavy atom. The summed E-state index contributed by atoms with van der Waals surface area (Å²) >= 11 is 0. The lowest BCUT2D eigenvalue weighted by molar-refractivity contribution is -0.147. The summed E-state index contributed by atoms with van der Waals surface area (Å²) in [5.41, 5.74) is -1.90. The molecule has 1 aliphatic heterocycles. The predicted molar refractivity (Wildman–Crippen MR) is 59.7 cm³/mol. The summed E-state index contributed by atoms with van der Waals surface area (Å²) in [6.07, 6.45) is 0.633. The van der Waals surface area contributed by atoms with E-state index in [0.29, 0.717) is 19.5 Å². The standard InChI is InChI=1S/C11H20N2O3/c1-10(2,16)9(15)13-6-5-11(3,7-13)8(14)12-4/h16H,5-7H2,1-4H3,(H,12,14). The van der Waals surface area contributed by atoms with E-state index >= 15 is 0 Å². The highest BCUT2D eigenvalue weighted by Gasteiger charge is 2.43. The van der Waals surface area contributed by atoms with Crippen molar-refractivity contribution in [3.8, 4) is 0 Å². The average molecular weight is 228 g/mol. The molecule has 1 fully saturated rings. The summed E-state index contributed by atoms with van der Waals surface area (Å²) in [6.45, 7) is 5.65. The number of likely N-dealkylation sites (tertiary alicyclic amines) is 1. The maximum atomic E-state index is 11.8. The number of hydrogen-bond donors (Lipinski definition) is 2. The van der Waals surface area contributed by atoms with E-state index in [0.717, 1.165) is 0 Å². The Hall–Kier alpha value is -1.10. The molecule has 1 aliphatic rings. The van der Waals surface area contributed by atoms with Gasteiger partial charge < -0.3 is 15.3 Å². The topological polar surface area (TPSA) is 69.6 Å². The highest BCUT2D eigenvalue weighted by molar-refractivity contribution is 5.87. The molecule has 0 saturated carbocycles. The fraction of sp³-hybridized carbons (Fsp3) is 0.818. The molecular weight excluding hydrogens is 208 g/mol. The van der Waals surface area contributed by atoms with Crippen LogP contribution in [0, 0.1) is 5.41 Å². The van der Waals surface area contributed by atoms with Crippen molar-refractivity contribution in [2.24, 2.45) is 5.41 Å². The summed E-state index contributed by atoms with van der Waals surface area (Å²) in [6, 6.07) is 0. The van der Waals surface area contributed by atoms with E-state index in [-0.39, 0.29) is 11.8 Å². The molecule has 92 valence electrons. The number of carbonyl (C=O) groups excluding carboxylic acids is 2. The number of rotatable bonds is 2. The van der Waals surface area contributed by atoms with Crippen LogP contribution in [0.3, 0.4) is 0 Å². The van der Waals surface area contributed by atoms with Gasteiger partial charge in [0.15, 0.2) is 0 Å². The van der Waals surface area contributed by atoms with E-state index in [2.05, 4.69) is 5.32 Å². The third kappa shape index (κ3) is 2.35. The highest BCUT2D eigenvalue weighted by Crippen LogP contribution is 2.31. The van der Waals surface area contributed by atoms with Crippen molar-refractivity contribution in [3.63, 3.8) is 0 Å². The van der Waals surface area contributed by atoms with Gasteiger partial charge in [0.1, 0.15) is 5.60 Å². The molecular formula is C11H20N2O3. The SMILES string of the molecule is CNC(=O)C1(C)CCN(C(=O)C(C)(C)O)C1. The molecule has 1 heterocycles. The zero-order chi connectivity index (χ0) is 12.6. The van der Waals surface area contributed by atoms with Crippen LogP contribution in [0.1, 0.15) is 27.2 Å². The van der Waals surface area contributed by atoms with Crippen LogP contribution in [0.15, 0.2) is 0 Å². The Morgan fingerprint density at radius 1 is 1.44 bits per heavy atom. The van der Waals surface area contributed by atoms with Crippen molar-refractivity contribution in [3.05, 3.63) is 0 Å². The molecule has 0 aromatic rings. The van der Waals surface area contributed by atoms with E-state index in [9.17, 15) is 14.7 Å². The van der Waals surface area contributed by atoms with Crippen molar-refractivity contribution in [1.82, 2.24) is 10.2 Å². The lowest BCUT2D eigenvalue weighted by atomic mass is 9.89. The molecule has 1 saturated heterocycles. The Bertz CT molecular complexity index is 309. The third-order valence-electron chi connectivity index (χ3n) is 3.06.